The monoisotopic (exact) mass is 194 g/mol. The summed E-state index contributed by atoms with van der Waals surface area (Å²) in [6.45, 7) is -1.37. The van der Waals surface area contributed by atoms with Crippen LogP contribution in [0.1, 0.15) is 10.6 Å². The first-order valence-electron chi connectivity index (χ1n) is 3.14. The van der Waals surface area contributed by atoms with Crippen molar-refractivity contribution in [3.8, 4) is 0 Å². The zero-order chi connectivity index (χ0) is 10.1. The predicted octanol–water partition coefficient (Wildman–Crippen LogP) is -0.0607. The van der Waals surface area contributed by atoms with Crippen LogP contribution in [0, 0.1) is 0 Å². The second-order valence-corrected chi connectivity index (χ2v) is 2.22. The fourth-order valence-electron chi connectivity index (χ4n) is 0.741. The van der Waals surface area contributed by atoms with Gasteiger partial charge in [-0.1, -0.05) is 0 Å². The van der Waals surface area contributed by atoms with Gasteiger partial charge in [0.25, 0.3) is 5.91 Å². The van der Waals surface area contributed by atoms with Gasteiger partial charge in [-0.3, -0.25) is 4.79 Å². The molecule has 1 amide bonds. The van der Waals surface area contributed by atoms with Gasteiger partial charge in [0.15, 0.2) is 0 Å². The average Bonchev–Trinajstić information content (AvgIpc) is 2.31. The summed E-state index contributed by atoms with van der Waals surface area (Å²) in [6.07, 6.45) is -3.61. The third-order valence-electron chi connectivity index (χ3n) is 1.16. The van der Waals surface area contributed by atoms with E-state index in [4.69, 9.17) is 5.73 Å². The lowest BCUT2D eigenvalue weighted by molar-refractivity contribution is -0.142. The summed E-state index contributed by atoms with van der Waals surface area (Å²) >= 11 is 0. The summed E-state index contributed by atoms with van der Waals surface area (Å²) in [6, 6.07) is 0. The van der Waals surface area contributed by atoms with Crippen molar-refractivity contribution >= 4 is 5.91 Å². The van der Waals surface area contributed by atoms with Crippen molar-refractivity contribution in [2.45, 2.75) is 12.7 Å². The van der Waals surface area contributed by atoms with E-state index in [1.54, 1.807) is 0 Å². The van der Waals surface area contributed by atoms with E-state index in [-0.39, 0.29) is 0 Å². The minimum absolute atomic E-state index is 0.405. The molecule has 0 saturated carbocycles. The Kier molecular flexibility index (Phi) is 2.22. The molecule has 0 bridgehead atoms. The zero-order valence-corrected chi connectivity index (χ0v) is 6.25. The van der Waals surface area contributed by atoms with Crippen LogP contribution < -0.4 is 5.73 Å². The molecule has 0 aromatic carbocycles. The number of alkyl halides is 3. The Bertz CT molecular complexity index is 318. The van der Waals surface area contributed by atoms with Crippen LogP contribution in [-0.2, 0) is 6.54 Å². The molecule has 8 heteroatoms. The van der Waals surface area contributed by atoms with Gasteiger partial charge >= 0.3 is 6.18 Å². The van der Waals surface area contributed by atoms with Crippen molar-refractivity contribution in [1.29, 1.82) is 0 Å². The molecule has 0 unspecified atom stereocenters. The molecular weight excluding hydrogens is 189 g/mol. The number of amides is 1. The second kappa shape index (κ2) is 3.04. The van der Waals surface area contributed by atoms with Crippen molar-refractivity contribution < 1.29 is 18.0 Å². The molecule has 0 radical (unpaired) electrons. The molecule has 0 fully saturated rings. The molecule has 0 aliphatic carbocycles. The van der Waals surface area contributed by atoms with E-state index in [2.05, 4.69) is 10.1 Å². The van der Waals surface area contributed by atoms with Gasteiger partial charge in [-0.15, -0.1) is 0 Å². The highest BCUT2D eigenvalue weighted by Crippen LogP contribution is 2.17. The maximum Gasteiger partial charge on any atom is 0.408 e. The van der Waals surface area contributed by atoms with E-state index < -0.39 is 24.5 Å². The molecule has 72 valence electrons. The van der Waals surface area contributed by atoms with Crippen LogP contribution in [0.25, 0.3) is 0 Å². The molecule has 0 atom stereocenters. The maximum absolute atomic E-state index is 11.8. The first kappa shape index (κ1) is 9.49. The number of carbonyl (C=O) groups is 1. The predicted molar refractivity (Wildman–Crippen MR) is 34.6 cm³/mol. The molecule has 1 rings (SSSR count). The third-order valence-corrected chi connectivity index (χ3v) is 1.16. The molecule has 1 aromatic heterocycles. The molecule has 13 heavy (non-hydrogen) atoms. The number of halogens is 3. The van der Waals surface area contributed by atoms with Gasteiger partial charge in [-0.2, -0.15) is 18.3 Å². The SMILES string of the molecule is NC(=O)c1ncnn1CC(F)(F)F. The molecule has 0 aliphatic rings. The summed E-state index contributed by atoms with van der Waals surface area (Å²) in [5.74, 6) is -1.54. The first-order valence-corrected chi connectivity index (χ1v) is 3.14. The Morgan fingerprint density at radius 3 is 2.69 bits per heavy atom. The standard InChI is InChI=1S/C5H5F3N4O/c6-5(7,8)1-12-4(3(9)13)10-2-11-12/h2H,1H2,(H2,9,13). The van der Waals surface area contributed by atoms with Gasteiger partial charge in [-0.25, -0.2) is 9.67 Å². The fraction of sp³-hybridized carbons (Fsp3) is 0.400. The van der Waals surface area contributed by atoms with E-state index in [1.165, 1.54) is 0 Å². The van der Waals surface area contributed by atoms with Crippen LogP contribution in [0.5, 0.6) is 0 Å². The van der Waals surface area contributed by atoms with Crippen LogP contribution in [0.15, 0.2) is 6.33 Å². The maximum atomic E-state index is 11.8. The number of carbonyl (C=O) groups excluding carboxylic acids is 1. The third kappa shape index (κ3) is 2.42. The number of hydrogen-bond acceptors (Lipinski definition) is 3. The van der Waals surface area contributed by atoms with Gasteiger partial charge < -0.3 is 5.73 Å². The Balaban J connectivity index is 2.89. The highest BCUT2D eigenvalue weighted by Gasteiger charge is 2.30. The van der Waals surface area contributed by atoms with Gasteiger partial charge in [0.05, 0.1) is 0 Å². The molecule has 0 spiro atoms. The van der Waals surface area contributed by atoms with Crippen LogP contribution in [0.3, 0.4) is 0 Å². The lowest BCUT2D eigenvalue weighted by Crippen LogP contribution is -2.25. The molecule has 2 N–H and O–H groups in total. The van der Waals surface area contributed by atoms with Crippen LogP contribution in [-0.4, -0.2) is 26.8 Å². The van der Waals surface area contributed by atoms with E-state index >= 15 is 0 Å². The molecule has 5 nitrogen and oxygen atoms in total. The molecule has 1 aromatic rings. The van der Waals surface area contributed by atoms with Crippen LogP contribution in [0.4, 0.5) is 13.2 Å². The smallest absolute Gasteiger partial charge is 0.363 e. The summed E-state index contributed by atoms with van der Waals surface area (Å²) in [7, 11) is 0. The highest BCUT2D eigenvalue weighted by atomic mass is 19.4. The number of rotatable bonds is 2. The van der Waals surface area contributed by atoms with E-state index in [0.717, 1.165) is 6.33 Å². The second-order valence-electron chi connectivity index (χ2n) is 2.22. The van der Waals surface area contributed by atoms with E-state index in [9.17, 15) is 18.0 Å². The molecule has 1 heterocycles. The zero-order valence-electron chi connectivity index (χ0n) is 6.25. The van der Waals surface area contributed by atoms with Gasteiger partial charge in [0, 0.05) is 0 Å². The van der Waals surface area contributed by atoms with Crippen LogP contribution >= 0.6 is 0 Å². The van der Waals surface area contributed by atoms with Crippen molar-refractivity contribution in [1.82, 2.24) is 14.8 Å². The summed E-state index contributed by atoms with van der Waals surface area (Å²) in [4.78, 5) is 13.8. The number of nitrogens with zero attached hydrogens (tertiary/aromatic N) is 3. The Morgan fingerprint density at radius 1 is 1.62 bits per heavy atom. The summed E-state index contributed by atoms with van der Waals surface area (Å²) in [5.41, 5.74) is 4.75. The van der Waals surface area contributed by atoms with E-state index in [0.29, 0.717) is 4.68 Å². The summed E-state index contributed by atoms with van der Waals surface area (Å²) in [5, 5.41) is 3.21. The number of primary amides is 1. The fourth-order valence-corrected chi connectivity index (χ4v) is 0.741. The van der Waals surface area contributed by atoms with E-state index in [1.807, 2.05) is 0 Å². The largest absolute Gasteiger partial charge is 0.408 e. The van der Waals surface area contributed by atoms with Crippen molar-refractivity contribution in [2.24, 2.45) is 5.73 Å². The lowest BCUT2D eigenvalue weighted by atomic mass is 10.5. The van der Waals surface area contributed by atoms with Gasteiger partial charge in [0.1, 0.15) is 12.9 Å². The van der Waals surface area contributed by atoms with Crippen LogP contribution in [0.2, 0.25) is 0 Å². The number of aromatic nitrogens is 3. The Labute approximate surface area is 70.4 Å². The quantitative estimate of drug-likeness (QED) is 0.716. The van der Waals surface area contributed by atoms with Crippen molar-refractivity contribution in [2.75, 3.05) is 0 Å². The topological polar surface area (TPSA) is 73.8 Å². The lowest BCUT2D eigenvalue weighted by Gasteiger charge is -2.06. The normalized spacial score (nSPS) is 11.6. The molecular formula is C5H5F3N4O. The Morgan fingerprint density at radius 2 is 2.23 bits per heavy atom. The van der Waals surface area contributed by atoms with Crippen molar-refractivity contribution in [3.05, 3.63) is 12.2 Å². The minimum atomic E-state index is -4.45. The Hall–Kier alpha value is -1.60. The highest BCUT2D eigenvalue weighted by molar-refractivity contribution is 5.88. The van der Waals surface area contributed by atoms with Crippen molar-refractivity contribution in [3.63, 3.8) is 0 Å². The summed E-state index contributed by atoms with van der Waals surface area (Å²) < 4.78 is 35.9. The average molecular weight is 194 g/mol. The van der Waals surface area contributed by atoms with Gasteiger partial charge in [-0.05, 0) is 0 Å². The molecule has 0 aliphatic heterocycles. The number of nitrogens with two attached hydrogens (primary N) is 1. The van der Waals surface area contributed by atoms with Gasteiger partial charge in [0.2, 0.25) is 5.82 Å². The first-order chi connectivity index (χ1) is 5.90. The molecule has 0 saturated heterocycles. The number of hydrogen-bond donors (Lipinski definition) is 1. The minimum Gasteiger partial charge on any atom is -0.363 e.